The maximum Gasteiger partial charge on any atom is 0.0707 e. The molecule has 1 atom stereocenters. The first-order valence-electron chi connectivity index (χ1n) is 11.7. The minimum absolute atomic E-state index is 0.686. The summed E-state index contributed by atoms with van der Waals surface area (Å²) >= 11 is 0. The van der Waals surface area contributed by atoms with Gasteiger partial charge in [0.25, 0.3) is 0 Å². The molecule has 0 radical (unpaired) electrons. The third kappa shape index (κ3) is 21.9. The Hall–Kier alpha value is -0.0800. The first-order chi connectivity index (χ1) is 12.3. The minimum Gasteiger partial charge on any atom is -0.302 e. The highest BCUT2D eigenvalue weighted by molar-refractivity contribution is 4.53. The van der Waals surface area contributed by atoms with Gasteiger partial charge in [-0.05, 0) is 18.8 Å². The molecule has 0 bridgehead atoms. The van der Waals surface area contributed by atoms with E-state index in [4.69, 9.17) is 4.84 Å². The summed E-state index contributed by atoms with van der Waals surface area (Å²) in [6.07, 6.45) is 24.1. The van der Waals surface area contributed by atoms with E-state index in [-0.39, 0.29) is 0 Å². The number of unbranched alkanes of at least 4 members (excludes halogenated alkanes) is 14. The SMILES string of the molecule is CCCCCCCCCCCCCCCCCC(C)CONCCC. The van der Waals surface area contributed by atoms with Crippen LogP contribution in [-0.2, 0) is 4.84 Å². The Morgan fingerprint density at radius 1 is 0.600 bits per heavy atom. The second-order valence-electron chi connectivity index (χ2n) is 8.05. The van der Waals surface area contributed by atoms with E-state index in [0.717, 1.165) is 19.6 Å². The van der Waals surface area contributed by atoms with Crippen LogP contribution in [0, 0.1) is 5.92 Å². The van der Waals surface area contributed by atoms with Gasteiger partial charge in [-0.2, -0.15) is 0 Å². The molecule has 2 nitrogen and oxygen atoms in total. The van der Waals surface area contributed by atoms with Crippen molar-refractivity contribution in [2.24, 2.45) is 5.92 Å². The summed E-state index contributed by atoms with van der Waals surface area (Å²) in [5.74, 6) is 0.686. The molecule has 0 saturated carbocycles. The Kier molecular flexibility index (Phi) is 21.9. The van der Waals surface area contributed by atoms with Crippen LogP contribution in [-0.4, -0.2) is 13.2 Å². The number of hydrogen-bond acceptors (Lipinski definition) is 2. The van der Waals surface area contributed by atoms with Crippen LogP contribution in [0.25, 0.3) is 0 Å². The lowest BCUT2D eigenvalue weighted by Crippen LogP contribution is -2.19. The van der Waals surface area contributed by atoms with Gasteiger partial charge >= 0.3 is 0 Å². The van der Waals surface area contributed by atoms with Gasteiger partial charge in [0.15, 0.2) is 0 Å². The molecule has 0 spiro atoms. The third-order valence-corrected chi connectivity index (χ3v) is 5.12. The molecule has 25 heavy (non-hydrogen) atoms. The van der Waals surface area contributed by atoms with Crippen molar-refractivity contribution in [3.63, 3.8) is 0 Å². The van der Waals surface area contributed by atoms with Gasteiger partial charge in [-0.15, -0.1) is 0 Å². The molecule has 0 fully saturated rings. The molecule has 152 valence electrons. The molecule has 1 unspecified atom stereocenters. The van der Waals surface area contributed by atoms with E-state index >= 15 is 0 Å². The van der Waals surface area contributed by atoms with Gasteiger partial charge in [0.2, 0.25) is 0 Å². The Morgan fingerprint density at radius 3 is 1.48 bits per heavy atom. The zero-order chi connectivity index (χ0) is 18.4. The number of hydroxylamine groups is 1. The fourth-order valence-electron chi connectivity index (χ4n) is 3.32. The van der Waals surface area contributed by atoms with E-state index in [1.165, 1.54) is 103 Å². The second kappa shape index (κ2) is 22.0. The van der Waals surface area contributed by atoms with E-state index in [0.29, 0.717) is 5.92 Å². The molecular weight excluding hydrogens is 306 g/mol. The monoisotopic (exact) mass is 355 g/mol. The van der Waals surface area contributed by atoms with Crippen LogP contribution in [0.5, 0.6) is 0 Å². The molecule has 0 rings (SSSR count). The number of nitrogens with one attached hydrogen (secondary N) is 1. The Labute approximate surface area is 159 Å². The summed E-state index contributed by atoms with van der Waals surface area (Å²) in [5, 5.41) is 0. The Bertz CT molecular complexity index is 232. The number of hydrogen-bond donors (Lipinski definition) is 1. The standard InChI is InChI=1S/C23H49NO/c1-4-6-7-8-9-10-11-12-13-14-15-16-17-18-19-20-23(3)22-25-24-21-5-2/h23-24H,4-22H2,1-3H3. The zero-order valence-electron chi connectivity index (χ0n) is 17.9. The van der Waals surface area contributed by atoms with Gasteiger partial charge in [-0.25, -0.2) is 5.48 Å². The summed E-state index contributed by atoms with van der Waals surface area (Å²) < 4.78 is 0. The molecular formula is C23H49NO. The molecule has 2 heteroatoms. The Morgan fingerprint density at radius 2 is 1.04 bits per heavy atom. The minimum atomic E-state index is 0.686. The molecule has 0 aliphatic heterocycles. The van der Waals surface area contributed by atoms with Gasteiger partial charge < -0.3 is 4.84 Å². The fraction of sp³-hybridized carbons (Fsp3) is 1.00. The van der Waals surface area contributed by atoms with Gasteiger partial charge in [-0.1, -0.05) is 117 Å². The molecule has 0 amide bonds. The molecule has 0 aliphatic carbocycles. The Balaban J connectivity index is 3.06. The highest BCUT2D eigenvalue weighted by Crippen LogP contribution is 2.15. The summed E-state index contributed by atoms with van der Waals surface area (Å²) in [6, 6.07) is 0. The first-order valence-corrected chi connectivity index (χ1v) is 11.7. The highest BCUT2D eigenvalue weighted by Gasteiger charge is 2.02. The van der Waals surface area contributed by atoms with Crippen LogP contribution in [0.4, 0.5) is 0 Å². The van der Waals surface area contributed by atoms with Crippen LogP contribution in [0.3, 0.4) is 0 Å². The van der Waals surface area contributed by atoms with Crippen LogP contribution >= 0.6 is 0 Å². The van der Waals surface area contributed by atoms with E-state index in [9.17, 15) is 0 Å². The summed E-state index contributed by atoms with van der Waals surface area (Å²) in [4.78, 5) is 5.46. The lowest BCUT2D eigenvalue weighted by molar-refractivity contribution is 0.0187. The first kappa shape index (κ1) is 24.9. The summed E-state index contributed by atoms with van der Waals surface area (Å²) in [6.45, 7) is 8.58. The van der Waals surface area contributed by atoms with E-state index in [2.05, 4.69) is 26.3 Å². The number of rotatable bonds is 21. The van der Waals surface area contributed by atoms with Crippen molar-refractivity contribution in [2.75, 3.05) is 13.2 Å². The molecule has 0 saturated heterocycles. The van der Waals surface area contributed by atoms with E-state index < -0.39 is 0 Å². The molecule has 1 N–H and O–H groups in total. The van der Waals surface area contributed by atoms with Gasteiger partial charge in [0.05, 0.1) is 6.61 Å². The van der Waals surface area contributed by atoms with Crippen molar-refractivity contribution in [3.8, 4) is 0 Å². The normalized spacial score (nSPS) is 12.6. The predicted octanol–water partition coefficient (Wildman–Crippen LogP) is 7.82. The average molecular weight is 356 g/mol. The molecule has 0 aromatic carbocycles. The van der Waals surface area contributed by atoms with Crippen molar-refractivity contribution < 1.29 is 4.84 Å². The largest absolute Gasteiger partial charge is 0.302 e. The summed E-state index contributed by atoms with van der Waals surface area (Å²) in [5.41, 5.74) is 3.02. The van der Waals surface area contributed by atoms with Crippen LogP contribution < -0.4 is 5.48 Å². The quantitative estimate of drug-likeness (QED) is 0.167. The van der Waals surface area contributed by atoms with Crippen molar-refractivity contribution >= 4 is 0 Å². The topological polar surface area (TPSA) is 21.3 Å². The maximum atomic E-state index is 5.46. The second-order valence-corrected chi connectivity index (χ2v) is 8.05. The van der Waals surface area contributed by atoms with Gasteiger partial charge in [0.1, 0.15) is 0 Å². The molecule has 0 aromatic rings. The smallest absolute Gasteiger partial charge is 0.0707 e. The lowest BCUT2D eigenvalue weighted by Gasteiger charge is -2.11. The average Bonchev–Trinajstić information content (AvgIpc) is 2.62. The van der Waals surface area contributed by atoms with E-state index in [1.54, 1.807) is 0 Å². The molecule has 0 aliphatic rings. The fourth-order valence-corrected chi connectivity index (χ4v) is 3.32. The zero-order valence-corrected chi connectivity index (χ0v) is 17.9. The predicted molar refractivity (Wildman–Crippen MR) is 113 cm³/mol. The highest BCUT2D eigenvalue weighted by atomic mass is 16.6. The summed E-state index contributed by atoms with van der Waals surface area (Å²) in [7, 11) is 0. The van der Waals surface area contributed by atoms with E-state index in [1.807, 2.05) is 0 Å². The van der Waals surface area contributed by atoms with Gasteiger partial charge in [-0.3, -0.25) is 0 Å². The third-order valence-electron chi connectivity index (χ3n) is 5.12. The maximum absolute atomic E-state index is 5.46. The van der Waals surface area contributed by atoms with Crippen LogP contribution in [0.2, 0.25) is 0 Å². The van der Waals surface area contributed by atoms with Crippen LogP contribution in [0.1, 0.15) is 130 Å². The lowest BCUT2D eigenvalue weighted by atomic mass is 10.0. The molecule has 0 aromatic heterocycles. The van der Waals surface area contributed by atoms with Crippen molar-refractivity contribution in [2.45, 2.75) is 130 Å². The van der Waals surface area contributed by atoms with Crippen molar-refractivity contribution in [1.82, 2.24) is 5.48 Å². The molecule has 0 heterocycles. The van der Waals surface area contributed by atoms with Crippen molar-refractivity contribution in [1.29, 1.82) is 0 Å². The van der Waals surface area contributed by atoms with Crippen LogP contribution in [0.15, 0.2) is 0 Å². The van der Waals surface area contributed by atoms with Gasteiger partial charge in [0, 0.05) is 6.54 Å². The van der Waals surface area contributed by atoms with Crippen molar-refractivity contribution in [3.05, 3.63) is 0 Å².